The molecule has 1 amide bonds. The molecule has 0 saturated carbocycles. The molecule has 0 aliphatic carbocycles. The molecule has 2 aromatic carbocycles. The number of para-hydroxylation sites is 2. The summed E-state index contributed by atoms with van der Waals surface area (Å²) in [5.41, 5.74) is 1.51. The van der Waals surface area contributed by atoms with E-state index in [1.54, 1.807) is 30.3 Å². The van der Waals surface area contributed by atoms with Crippen LogP contribution in [0.15, 0.2) is 60.7 Å². The highest BCUT2D eigenvalue weighted by Crippen LogP contribution is 2.19. The van der Waals surface area contributed by atoms with Crippen LogP contribution < -0.4 is 10.1 Å². The van der Waals surface area contributed by atoms with Crippen molar-refractivity contribution in [1.82, 2.24) is 4.98 Å². The Labute approximate surface area is 150 Å². The second-order valence-electron chi connectivity index (χ2n) is 5.61. The number of nitrogens with one attached hydrogen (secondary N) is 1. The highest BCUT2D eigenvalue weighted by atomic mass is 16.5. The first kappa shape index (κ1) is 17.4. The number of hydrogen-bond acceptors (Lipinski definition) is 5. The van der Waals surface area contributed by atoms with Gasteiger partial charge in [-0.25, -0.2) is 4.98 Å². The second kappa shape index (κ2) is 8.10. The van der Waals surface area contributed by atoms with Gasteiger partial charge in [0, 0.05) is 24.5 Å². The predicted molar refractivity (Wildman–Crippen MR) is 97.6 cm³/mol. The Hall–Kier alpha value is -3.43. The van der Waals surface area contributed by atoms with Crippen molar-refractivity contribution < 1.29 is 14.6 Å². The number of nitriles is 1. The number of benzene rings is 2. The molecule has 3 rings (SSSR count). The van der Waals surface area contributed by atoms with Gasteiger partial charge in [-0.05, 0) is 24.3 Å². The van der Waals surface area contributed by atoms with Crippen LogP contribution in [-0.4, -0.2) is 28.7 Å². The minimum Gasteiger partial charge on any atom is -0.464 e. The number of nitrogens with zero attached hydrogens (tertiary/aromatic N) is 2. The Morgan fingerprint density at radius 3 is 2.73 bits per heavy atom. The maximum absolute atomic E-state index is 12.6. The van der Waals surface area contributed by atoms with Gasteiger partial charge >= 0.3 is 0 Å². The van der Waals surface area contributed by atoms with E-state index >= 15 is 0 Å². The molecular formula is C20H17N3O3. The summed E-state index contributed by atoms with van der Waals surface area (Å²) in [5.74, 6) is -0.150. The first-order valence-corrected chi connectivity index (χ1v) is 8.14. The molecule has 0 saturated heterocycles. The van der Waals surface area contributed by atoms with Crippen molar-refractivity contribution in [3.63, 3.8) is 0 Å². The topological polar surface area (TPSA) is 95.2 Å². The zero-order valence-electron chi connectivity index (χ0n) is 13.9. The Morgan fingerprint density at radius 2 is 1.92 bits per heavy atom. The summed E-state index contributed by atoms with van der Waals surface area (Å²) in [6, 6.07) is 19.8. The number of fused-ring (bicyclic) bond motifs is 1. The Morgan fingerprint density at radius 1 is 1.15 bits per heavy atom. The van der Waals surface area contributed by atoms with Crippen molar-refractivity contribution >= 4 is 22.5 Å². The zero-order valence-corrected chi connectivity index (χ0v) is 13.9. The van der Waals surface area contributed by atoms with Crippen LogP contribution >= 0.6 is 0 Å². The Balaban J connectivity index is 1.79. The highest BCUT2D eigenvalue weighted by molar-refractivity contribution is 5.95. The molecule has 1 heterocycles. The highest BCUT2D eigenvalue weighted by Gasteiger charge is 2.21. The number of aliphatic hydroxyl groups is 1. The fourth-order valence-electron chi connectivity index (χ4n) is 2.52. The van der Waals surface area contributed by atoms with Gasteiger partial charge in [-0.15, -0.1) is 0 Å². The number of amides is 1. The smallest absolute Gasteiger partial charge is 0.265 e. The molecule has 0 aliphatic heterocycles. The van der Waals surface area contributed by atoms with Crippen molar-refractivity contribution in [2.45, 2.75) is 12.5 Å². The number of pyridine rings is 1. The zero-order chi connectivity index (χ0) is 18.4. The van der Waals surface area contributed by atoms with E-state index in [1.165, 1.54) is 0 Å². The van der Waals surface area contributed by atoms with Crippen LogP contribution in [0, 0.1) is 11.3 Å². The third-order valence-electron chi connectivity index (χ3n) is 3.82. The van der Waals surface area contributed by atoms with Crippen LogP contribution in [0.1, 0.15) is 12.0 Å². The number of ether oxygens (including phenoxy) is 1. The van der Waals surface area contributed by atoms with Crippen molar-refractivity contribution in [3.8, 4) is 11.9 Å². The van der Waals surface area contributed by atoms with Crippen molar-refractivity contribution in [2.24, 2.45) is 0 Å². The SMILES string of the molecule is N#Cc1ccccc1NC(=O)C(CCO)Oc1ccc2ccccc2n1. The van der Waals surface area contributed by atoms with E-state index in [9.17, 15) is 9.90 Å². The van der Waals surface area contributed by atoms with Crippen LogP contribution in [0.5, 0.6) is 5.88 Å². The summed E-state index contributed by atoms with van der Waals surface area (Å²) in [4.78, 5) is 16.9. The van der Waals surface area contributed by atoms with E-state index < -0.39 is 12.0 Å². The lowest BCUT2D eigenvalue weighted by Gasteiger charge is -2.18. The molecule has 0 bridgehead atoms. The fraction of sp³-hybridized carbons (Fsp3) is 0.150. The molecule has 130 valence electrons. The maximum Gasteiger partial charge on any atom is 0.265 e. The van der Waals surface area contributed by atoms with E-state index in [-0.39, 0.29) is 13.0 Å². The summed E-state index contributed by atoms with van der Waals surface area (Å²) < 4.78 is 5.70. The van der Waals surface area contributed by atoms with Gasteiger partial charge < -0.3 is 15.2 Å². The largest absolute Gasteiger partial charge is 0.464 e. The van der Waals surface area contributed by atoms with Gasteiger partial charge in [0.2, 0.25) is 5.88 Å². The van der Waals surface area contributed by atoms with E-state index in [0.717, 1.165) is 10.9 Å². The van der Waals surface area contributed by atoms with Crippen LogP contribution in [0.3, 0.4) is 0 Å². The van der Waals surface area contributed by atoms with E-state index in [0.29, 0.717) is 17.1 Å². The van der Waals surface area contributed by atoms with E-state index in [4.69, 9.17) is 10.00 Å². The van der Waals surface area contributed by atoms with Crippen molar-refractivity contribution in [2.75, 3.05) is 11.9 Å². The first-order chi connectivity index (χ1) is 12.7. The third-order valence-corrected chi connectivity index (χ3v) is 3.82. The van der Waals surface area contributed by atoms with Crippen LogP contribution in [0.2, 0.25) is 0 Å². The summed E-state index contributed by atoms with van der Waals surface area (Å²) >= 11 is 0. The molecular weight excluding hydrogens is 330 g/mol. The standard InChI is InChI=1S/C20H17N3O3/c21-13-15-6-2-4-8-17(15)23-20(25)18(11-12-24)26-19-10-9-14-5-1-3-7-16(14)22-19/h1-10,18,24H,11-12H2,(H,23,25). The number of aliphatic hydroxyl groups excluding tert-OH is 1. The molecule has 6 nitrogen and oxygen atoms in total. The molecule has 0 spiro atoms. The number of rotatable bonds is 6. The van der Waals surface area contributed by atoms with E-state index in [2.05, 4.69) is 10.3 Å². The number of carbonyl (C=O) groups excluding carboxylic acids is 1. The molecule has 2 N–H and O–H groups in total. The van der Waals surface area contributed by atoms with E-state index in [1.807, 2.05) is 36.4 Å². The van der Waals surface area contributed by atoms with Crippen molar-refractivity contribution in [1.29, 1.82) is 5.26 Å². The second-order valence-corrected chi connectivity index (χ2v) is 5.61. The lowest BCUT2D eigenvalue weighted by Crippen LogP contribution is -2.34. The van der Waals surface area contributed by atoms with Gasteiger partial charge in [0.25, 0.3) is 5.91 Å². The summed E-state index contributed by atoms with van der Waals surface area (Å²) in [7, 11) is 0. The van der Waals surface area contributed by atoms with Crippen molar-refractivity contribution in [3.05, 3.63) is 66.2 Å². The molecule has 0 aliphatic rings. The normalized spacial score (nSPS) is 11.5. The maximum atomic E-state index is 12.6. The molecule has 3 aromatic rings. The molecule has 1 atom stereocenters. The minimum atomic E-state index is -0.930. The van der Waals surface area contributed by atoms with Gasteiger partial charge in [-0.2, -0.15) is 5.26 Å². The molecule has 1 aromatic heterocycles. The quantitative estimate of drug-likeness (QED) is 0.715. The number of aromatic nitrogens is 1. The molecule has 6 heteroatoms. The first-order valence-electron chi connectivity index (χ1n) is 8.14. The fourth-order valence-corrected chi connectivity index (χ4v) is 2.52. The molecule has 26 heavy (non-hydrogen) atoms. The molecule has 0 fully saturated rings. The average Bonchev–Trinajstić information content (AvgIpc) is 2.68. The summed E-state index contributed by atoms with van der Waals surface area (Å²) in [6.45, 7) is -0.217. The molecule has 1 unspecified atom stereocenters. The number of carbonyl (C=O) groups is 1. The molecule has 0 radical (unpaired) electrons. The number of hydrogen-bond donors (Lipinski definition) is 2. The van der Waals surface area contributed by atoms with Gasteiger partial charge in [0.05, 0.1) is 16.8 Å². The lowest BCUT2D eigenvalue weighted by molar-refractivity contribution is -0.123. The van der Waals surface area contributed by atoms with Crippen LogP contribution in [0.4, 0.5) is 5.69 Å². The monoisotopic (exact) mass is 347 g/mol. The summed E-state index contributed by atoms with van der Waals surface area (Å²) in [6.07, 6.45) is -0.824. The van der Waals surface area contributed by atoms with Gasteiger partial charge in [-0.3, -0.25) is 4.79 Å². The lowest BCUT2D eigenvalue weighted by atomic mass is 10.1. The third kappa shape index (κ3) is 3.97. The number of anilines is 1. The van der Waals surface area contributed by atoms with Gasteiger partial charge in [0.1, 0.15) is 6.07 Å². The summed E-state index contributed by atoms with van der Waals surface area (Å²) in [5, 5.41) is 22.0. The van der Waals surface area contributed by atoms with Crippen LogP contribution in [-0.2, 0) is 4.79 Å². The van der Waals surface area contributed by atoms with Crippen LogP contribution in [0.25, 0.3) is 10.9 Å². The average molecular weight is 347 g/mol. The Bertz CT molecular complexity index is 966. The van der Waals surface area contributed by atoms with Gasteiger partial charge in [-0.1, -0.05) is 30.3 Å². The van der Waals surface area contributed by atoms with Gasteiger partial charge in [0.15, 0.2) is 6.10 Å². The predicted octanol–water partition coefficient (Wildman–Crippen LogP) is 2.87. The minimum absolute atomic E-state index is 0.106. The Kier molecular flexibility index (Phi) is 5.42.